The molecule has 0 saturated heterocycles. The predicted molar refractivity (Wildman–Crippen MR) is 234 cm³/mol. The molecule has 0 fully saturated rings. The van der Waals surface area contributed by atoms with Crippen molar-refractivity contribution in [2.24, 2.45) is 16.9 Å². The van der Waals surface area contributed by atoms with Crippen LogP contribution in [0.1, 0.15) is 85.5 Å². The summed E-state index contributed by atoms with van der Waals surface area (Å²) in [4.78, 5) is 91.2. The van der Waals surface area contributed by atoms with E-state index in [4.69, 9.17) is 16.2 Å². The lowest BCUT2D eigenvalue weighted by atomic mass is 9.77. The Kier molecular flexibility index (Phi) is 19.2. The molecule has 3 aromatic rings. The van der Waals surface area contributed by atoms with Gasteiger partial charge in [-0.2, -0.15) is 0 Å². The van der Waals surface area contributed by atoms with Crippen molar-refractivity contribution in [2.45, 2.75) is 97.7 Å². The van der Waals surface area contributed by atoms with Gasteiger partial charge >= 0.3 is 5.97 Å². The number of nitrogens with one attached hydrogen (secondary N) is 3. The van der Waals surface area contributed by atoms with Crippen molar-refractivity contribution in [3.63, 3.8) is 0 Å². The van der Waals surface area contributed by atoms with Crippen molar-refractivity contribution in [2.75, 3.05) is 26.2 Å². The Morgan fingerprint density at radius 3 is 1.89 bits per heavy atom. The number of amides is 5. The first-order valence-electron chi connectivity index (χ1n) is 20.5. The number of hydrogen-bond donors (Lipinski definition) is 5. The molecular formula is C47H62N6O8. The Bertz CT molecular complexity index is 1980. The molecule has 0 bridgehead atoms. The predicted octanol–water partition coefficient (Wildman–Crippen LogP) is 3.93. The highest BCUT2D eigenvalue weighted by atomic mass is 16.5. The van der Waals surface area contributed by atoms with Gasteiger partial charge in [0.2, 0.25) is 17.7 Å². The maximum absolute atomic E-state index is 13.5. The zero-order valence-corrected chi connectivity index (χ0v) is 36.3. The van der Waals surface area contributed by atoms with Crippen LogP contribution in [0, 0.1) is 26.2 Å². The number of hydrogen-bond acceptors (Lipinski definition) is 10. The minimum absolute atomic E-state index is 0.116. The second-order valence-electron chi connectivity index (χ2n) is 16.7. The fraction of sp³-hybridized carbons (Fsp3) is 0.426. The minimum atomic E-state index is -1.08. The van der Waals surface area contributed by atoms with Gasteiger partial charge in [-0.3, -0.25) is 33.7 Å². The Morgan fingerprint density at radius 2 is 1.33 bits per heavy atom. The van der Waals surface area contributed by atoms with Crippen LogP contribution in [0.2, 0.25) is 0 Å². The van der Waals surface area contributed by atoms with E-state index in [0.717, 1.165) is 10.5 Å². The monoisotopic (exact) mass is 838 g/mol. The van der Waals surface area contributed by atoms with Gasteiger partial charge in [-0.1, -0.05) is 98.3 Å². The van der Waals surface area contributed by atoms with Crippen LogP contribution in [0.3, 0.4) is 0 Å². The summed E-state index contributed by atoms with van der Waals surface area (Å²) in [5.74, 6) is -3.75. The van der Waals surface area contributed by atoms with Crippen molar-refractivity contribution in [3.8, 4) is 0 Å². The van der Waals surface area contributed by atoms with Crippen molar-refractivity contribution < 1.29 is 38.3 Å². The van der Waals surface area contributed by atoms with Gasteiger partial charge in [0.1, 0.15) is 6.04 Å². The number of unbranched alkanes of at least 4 members (excludes halogenated alkanes) is 1. The van der Waals surface area contributed by atoms with Crippen LogP contribution in [0.4, 0.5) is 0 Å². The van der Waals surface area contributed by atoms with E-state index in [1.807, 2.05) is 44.2 Å². The molecule has 0 aromatic heterocycles. The highest BCUT2D eigenvalue weighted by Crippen LogP contribution is 2.30. The smallest absolute Gasteiger partial charge is 0.339 e. The Hall–Kier alpha value is -5.99. The summed E-state index contributed by atoms with van der Waals surface area (Å²) < 4.78 is 5.33. The molecule has 0 spiro atoms. The van der Waals surface area contributed by atoms with Gasteiger partial charge in [-0.25, -0.2) is 4.79 Å². The maximum atomic E-state index is 13.5. The first-order chi connectivity index (χ1) is 28.8. The third-order valence-corrected chi connectivity index (χ3v) is 9.93. The first-order valence-corrected chi connectivity index (χ1v) is 20.5. The fourth-order valence-corrected chi connectivity index (χ4v) is 7.22. The summed E-state index contributed by atoms with van der Waals surface area (Å²) in [6, 6.07) is 22.6. The van der Waals surface area contributed by atoms with E-state index < -0.39 is 77.5 Å². The lowest BCUT2D eigenvalue weighted by Gasteiger charge is -2.36. The van der Waals surface area contributed by atoms with Crippen LogP contribution in [0.25, 0.3) is 0 Å². The molecule has 4 rings (SSSR count). The highest BCUT2D eigenvalue weighted by molar-refractivity contribution is 6.12. The second-order valence-corrected chi connectivity index (χ2v) is 16.7. The quantitative estimate of drug-likeness (QED) is 0.0591. The molecule has 3 aromatic carbocycles. The van der Waals surface area contributed by atoms with Gasteiger partial charge in [-0.15, -0.1) is 0 Å². The van der Waals surface area contributed by atoms with Crippen LogP contribution in [-0.4, -0.2) is 90.1 Å². The van der Waals surface area contributed by atoms with E-state index >= 15 is 0 Å². The molecule has 3 atom stereocenters. The van der Waals surface area contributed by atoms with E-state index in [1.165, 1.54) is 17.7 Å². The van der Waals surface area contributed by atoms with E-state index in [2.05, 4.69) is 35.0 Å². The number of carbonyl (C=O) groups excluding carboxylic acids is 7. The SMILES string of the molecule is Cc1cccc(C)c1C(=O)OCC(=O)C(CCCCN)NC(=O)CNC(=O)C(Cc1ccccc1)NC(=O)CC(C)(N)CC(C)(C)CN1C(=O)C=CC1=O.Cc1ccccc1. The number of esters is 1. The maximum Gasteiger partial charge on any atom is 0.339 e. The summed E-state index contributed by atoms with van der Waals surface area (Å²) in [5.41, 5.74) is 14.4. The molecule has 1 heterocycles. The van der Waals surface area contributed by atoms with Crippen molar-refractivity contribution in [1.82, 2.24) is 20.9 Å². The van der Waals surface area contributed by atoms with Crippen molar-refractivity contribution >= 4 is 41.3 Å². The van der Waals surface area contributed by atoms with Gasteiger partial charge in [0.25, 0.3) is 11.8 Å². The largest absolute Gasteiger partial charge is 0.454 e. The number of aryl methyl sites for hydroxylation is 3. The molecule has 7 N–H and O–H groups in total. The van der Waals surface area contributed by atoms with Gasteiger partial charge < -0.3 is 32.2 Å². The number of benzene rings is 3. The van der Waals surface area contributed by atoms with Crippen LogP contribution in [0.5, 0.6) is 0 Å². The van der Waals surface area contributed by atoms with E-state index in [1.54, 1.807) is 57.2 Å². The molecule has 0 radical (unpaired) electrons. The van der Waals surface area contributed by atoms with Gasteiger partial charge in [-0.05, 0) is 82.0 Å². The summed E-state index contributed by atoms with van der Waals surface area (Å²) in [5, 5.41) is 7.96. The fourth-order valence-electron chi connectivity index (χ4n) is 7.22. The number of imide groups is 1. The number of ether oxygens (including phenoxy) is 1. The lowest BCUT2D eigenvalue weighted by molar-refractivity contribution is -0.139. The number of nitrogens with zero attached hydrogens (tertiary/aromatic N) is 1. The van der Waals surface area contributed by atoms with Crippen LogP contribution >= 0.6 is 0 Å². The molecular weight excluding hydrogens is 777 g/mol. The summed E-state index contributed by atoms with van der Waals surface area (Å²) in [6.07, 6.45) is 4.03. The molecule has 14 heteroatoms. The molecule has 0 aliphatic carbocycles. The van der Waals surface area contributed by atoms with Crippen LogP contribution < -0.4 is 27.4 Å². The zero-order chi connectivity index (χ0) is 45.2. The summed E-state index contributed by atoms with van der Waals surface area (Å²) in [7, 11) is 0. The molecule has 3 unspecified atom stereocenters. The Balaban J connectivity index is 0.00000128. The van der Waals surface area contributed by atoms with Gasteiger partial charge in [0.15, 0.2) is 12.4 Å². The third kappa shape index (κ3) is 17.3. The van der Waals surface area contributed by atoms with Gasteiger partial charge in [0.05, 0.1) is 18.2 Å². The number of nitrogens with two attached hydrogens (primary N) is 2. The summed E-state index contributed by atoms with van der Waals surface area (Å²) >= 11 is 0. The second kappa shape index (κ2) is 23.7. The molecule has 1 aliphatic rings. The van der Waals surface area contributed by atoms with Gasteiger partial charge in [0, 0.05) is 37.1 Å². The number of Topliss-reactive ketones (excluding diaryl/α,β-unsaturated/α-hetero) is 1. The standard InChI is InChI=1S/C40H54N6O8.C7H8/c1-26-12-11-13-27(2)36(26)38(53)54-23-31(47)29(16-9-10-19-41)44-33(49)22-43-37(52)30(20-28-14-7-6-8-15-28)45-32(48)21-40(5,42)24-39(3,4)25-46-34(50)17-18-35(46)51;1-7-5-3-2-4-6-7/h6-8,11-15,17-18,29-30H,9-10,16,19-25,41-42H2,1-5H3,(H,43,52)(H,44,49)(H,45,48);2-6H,1H3. The number of ketones is 1. The molecule has 61 heavy (non-hydrogen) atoms. The Morgan fingerprint density at radius 1 is 0.754 bits per heavy atom. The van der Waals surface area contributed by atoms with Crippen molar-refractivity contribution in [3.05, 3.63) is 119 Å². The molecule has 328 valence electrons. The van der Waals surface area contributed by atoms with Crippen LogP contribution in [0.15, 0.2) is 91.0 Å². The van der Waals surface area contributed by atoms with E-state index in [-0.39, 0.29) is 32.2 Å². The Labute approximate surface area is 359 Å². The molecule has 1 aliphatic heterocycles. The highest BCUT2D eigenvalue weighted by Gasteiger charge is 2.37. The van der Waals surface area contributed by atoms with E-state index in [0.29, 0.717) is 36.1 Å². The molecule has 0 saturated carbocycles. The lowest BCUT2D eigenvalue weighted by Crippen LogP contribution is -2.53. The summed E-state index contributed by atoms with van der Waals surface area (Å²) in [6.45, 7) is 10.5. The number of carbonyl (C=O) groups is 7. The average Bonchev–Trinajstić information content (AvgIpc) is 3.50. The third-order valence-electron chi connectivity index (χ3n) is 9.93. The number of rotatable bonds is 21. The topological polar surface area (TPSA) is 220 Å². The molecule has 14 nitrogen and oxygen atoms in total. The van der Waals surface area contributed by atoms with E-state index in [9.17, 15) is 33.6 Å². The minimum Gasteiger partial charge on any atom is -0.454 e. The van der Waals surface area contributed by atoms with Crippen molar-refractivity contribution in [1.29, 1.82) is 0 Å². The average molecular weight is 839 g/mol. The first kappa shape index (κ1) is 49.4. The molecule has 5 amide bonds. The van der Waals surface area contributed by atoms with Crippen LogP contribution in [-0.2, 0) is 39.9 Å². The normalized spacial score (nSPS) is 14.2. The zero-order valence-electron chi connectivity index (χ0n) is 36.3.